The molecule has 174 valence electrons. The number of ketones is 2. The molecule has 0 spiro atoms. The van der Waals surface area contributed by atoms with E-state index in [9.17, 15) is 9.59 Å². The molecule has 0 radical (unpaired) electrons. The number of methoxy groups -OCH3 is 1. The SMILES string of the molecule is COc1cc(C2Nc3ccc4ccccc4c3C3=C2C(=O)CC(C)(C)C3)ccc1OCC(C)=O. The lowest BCUT2D eigenvalue weighted by atomic mass is 9.68. The number of hydrogen-bond donors (Lipinski definition) is 1. The van der Waals surface area contributed by atoms with E-state index in [0.717, 1.165) is 45.2 Å². The fourth-order valence-electron chi connectivity index (χ4n) is 5.25. The molecule has 3 aromatic carbocycles. The van der Waals surface area contributed by atoms with Gasteiger partial charge in [0.1, 0.15) is 6.61 Å². The van der Waals surface area contributed by atoms with Crippen molar-refractivity contribution in [1.29, 1.82) is 0 Å². The van der Waals surface area contributed by atoms with Crippen LogP contribution in [0.1, 0.15) is 50.8 Å². The van der Waals surface area contributed by atoms with Crippen LogP contribution in [0.25, 0.3) is 16.3 Å². The molecule has 0 aromatic heterocycles. The van der Waals surface area contributed by atoms with E-state index < -0.39 is 0 Å². The number of carbonyl (C=O) groups is 2. The van der Waals surface area contributed by atoms with Crippen LogP contribution in [0.2, 0.25) is 0 Å². The standard InChI is InChI=1S/C29H29NO4/c1-17(31)16-34-24-12-10-19(13-25(24)33-4)28-27-21(14-29(2,3)15-23(27)32)26-20-8-6-5-7-18(20)9-11-22(26)30-28/h5-13,28,30H,14-16H2,1-4H3. The maximum absolute atomic E-state index is 13.6. The molecule has 0 saturated carbocycles. The summed E-state index contributed by atoms with van der Waals surface area (Å²) in [4.78, 5) is 24.9. The van der Waals surface area contributed by atoms with Gasteiger partial charge < -0.3 is 14.8 Å². The smallest absolute Gasteiger partial charge is 0.167 e. The molecule has 3 aromatic rings. The van der Waals surface area contributed by atoms with Crippen molar-refractivity contribution in [3.8, 4) is 11.5 Å². The summed E-state index contributed by atoms with van der Waals surface area (Å²) in [6, 6.07) is 17.9. The predicted molar refractivity (Wildman–Crippen MR) is 134 cm³/mol. The highest BCUT2D eigenvalue weighted by atomic mass is 16.5. The summed E-state index contributed by atoms with van der Waals surface area (Å²) < 4.78 is 11.2. The molecule has 1 atom stereocenters. The third-order valence-corrected chi connectivity index (χ3v) is 6.69. The number of hydrogen-bond acceptors (Lipinski definition) is 5. The van der Waals surface area contributed by atoms with Crippen LogP contribution in [0.4, 0.5) is 5.69 Å². The molecule has 34 heavy (non-hydrogen) atoms. The van der Waals surface area contributed by atoms with E-state index in [1.54, 1.807) is 7.11 Å². The lowest BCUT2D eigenvalue weighted by Crippen LogP contribution is -2.33. The van der Waals surface area contributed by atoms with Gasteiger partial charge in [-0.2, -0.15) is 0 Å². The Morgan fingerprint density at radius 2 is 1.85 bits per heavy atom. The third kappa shape index (κ3) is 3.85. The van der Waals surface area contributed by atoms with E-state index in [1.807, 2.05) is 24.3 Å². The second kappa shape index (κ2) is 8.32. The second-order valence-corrected chi connectivity index (χ2v) is 10.0. The fourth-order valence-corrected chi connectivity index (χ4v) is 5.25. The van der Waals surface area contributed by atoms with Gasteiger partial charge in [-0.15, -0.1) is 0 Å². The first kappa shape index (κ1) is 22.2. The molecule has 5 heteroatoms. The zero-order valence-corrected chi connectivity index (χ0v) is 20.0. The largest absolute Gasteiger partial charge is 0.493 e. The highest BCUT2D eigenvalue weighted by Crippen LogP contribution is 2.52. The van der Waals surface area contributed by atoms with Crippen molar-refractivity contribution in [2.45, 2.75) is 39.7 Å². The molecule has 0 fully saturated rings. The minimum absolute atomic E-state index is 0.0132. The van der Waals surface area contributed by atoms with Gasteiger partial charge in [0, 0.05) is 23.2 Å². The first-order valence-electron chi connectivity index (χ1n) is 11.6. The molecular formula is C29H29NO4. The van der Waals surface area contributed by atoms with Gasteiger partial charge in [0.05, 0.1) is 13.2 Å². The molecule has 1 aliphatic heterocycles. The summed E-state index contributed by atoms with van der Waals surface area (Å²) >= 11 is 0. The minimum Gasteiger partial charge on any atom is -0.493 e. The van der Waals surface area contributed by atoms with Crippen molar-refractivity contribution in [2.24, 2.45) is 5.41 Å². The highest BCUT2D eigenvalue weighted by molar-refractivity contribution is 6.12. The average molecular weight is 456 g/mol. The van der Waals surface area contributed by atoms with E-state index >= 15 is 0 Å². The maximum atomic E-state index is 13.6. The number of Topliss-reactive ketones (excluding diaryl/α,β-unsaturated/α-hetero) is 2. The van der Waals surface area contributed by atoms with Crippen LogP contribution >= 0.6 is 0 Å². The fraction of sp³-hybridized carbons (Fsp3) is 0.310. The normalized spacial score (nSPS) is 18.7. The van der Waals surface area contributed by atoms with Crippen LogP contribution in [0, 0.1) is 5.41 Å². The number of benzene rings is 3. The predicted octanol–water partition coefficient (Wildman–Crippen LogP) is 6.13. The molecule has 5 rings (SSSR count). The molecule has 5 nitrogen and oxygen atoms in total. The summed E-state index contributed by atoms with van der Waals surface area (Å²) in [7, 11) is 1.58. The number of allylic oxidation sites excluding steroid dienone is 1. The van der Waals surface area contributed by atoms with Crippen LogP contribution in [0.15, 0.2) is 60.2 Å². The van der Waals surface area contributed by atoms with Crippen LogP contribution in [0.5, 0.6) is 11.5 Å². The lowest BCUT2D eigenvalue weighted by Gasteiger charge is -2.40. The summed E-state index contributed by atoms with van der Waals surface area (Å²) in [6.45, 7) is 5.81. The minimum atomic E-state index is -0.289. The van der Waals surface area contributed by atoms with Crippen LogP contribution in [-0.4, -0.2) is 25.3 Å². The Kier molecular flexibility index (Phi) is 5.43. The molecule has 2 aliphatic rings. The van der Waals surface area contributed by atoms with Gasteiger partial charge in [-0.1, -0.05) is 50.2 Å². The van der Waals surface area contributed by atoms with Crippen molar-refractivity contribution in [2.75, 3.05) is 19.0 Å². The topological polar surface area (TPSA) is 64.6 Å². The molecule has 0 saturated heterocycles. The van der Waals surface area contributed by atoms with E-state index in [4.69, 9.17) is 9.47 Å². The number of anilines is 1. The molecule has 1 aliphatic carbocycles. The summed E-state index contributed by atoms with van der Waals surface area (Å²) in [5.41, 5.74) is 4.96. The van der Waals surface area contributed by atoms with Crippen molar-refractivity contribution >= 4 is 33.6 Å². The van der Waals surface area contributed by atoms with Crippen LogP contribution < -0.4 is 14.8 Å². The number of ether oxygens (including phenoxy) is 2. The number of nitrogens with one attached hydrogen (secondary N) is 1. The van der Waals surface area contributed by atoms with Gasteiger partial charge in [0.2, 0.25) is 0 Å². The zero-order chi connectivity index (χ0) is 24.0. The lowest BCUT2D eigenvalue weighted by molar-refractivity contribution is -0.119. The van der Waals surface area contributed by atoms with E-state index in [1.165, 1.54) is 6.92 Å². The Bertz CT molecular complexity index is 1350. The van der Waals surface area contributed by atoms with Gasteiger partial charge in [-0.05, 0) is 58.9 Å². The van der Waals surface area contributed by atoms with E-state index in [0.29, 0.717) is 17.9 Å². The number of rotatable bonds is 5. The second-order valence-electron chi connectivity index (χ2n) is 10.0. The Morgan fingerprint density at radius 3 is 2.62 bits per heavy atom. The maximum Gasteiger partial charge on any atom is 0.167 e. The summed E-state index contributed by atoms with van der Waals surface area (Å²) in [5, 5.41) is 5.98. The zero-order valence-electron chi connectivity index (χ0n) is 20.0. The quantitative estimate of drug-likeness (QED) is 0.502. The highest BCUT2D eigenvalue weighted by Gasteiger charge is 2.41. The van der Waals surface area contributed by atoms with Gasteiger partial charge in [-0.25, -0.2) is 0 Å². The van der Waals surface area contributed by atoms with E-state index in [2.05, 4.69) is 49.5 Å². The number of carbonyl (C=O) groups excluding carboxylic acids is 2. The van der Waals surface area contributed by atoms with Crippen molar-refractivity contribution in [1.82, 2.24) is 0 Å². The summed E-state index contributed by atoms with van der Waals surface area (Å²) in [5.74, 6) is 1.16. The van der Waals surface area contributed by atoms with Gasteiger partial charge in [0.25, 0.3) is 0 Å². The molecular weight excluding hydrogens is 426 g/mol. The third-order valence-electron chi connectivity index (χ3n) is 6.69. The van der Waals surface area contributed by atoms with Crippen LogP contribution in [-0.2, 0) is 9.59 Å². The first-order chi connectivity index (χ1) is 16.3. The first-order valence-corrected chi connectivity index (χ1v) is 11.6. The Morgan fingerprint density at radius 1 is 1.06 bits per heavy atom. The van der Waals surface area contributed by atoms with Gasteiger partial charge in [-0.3, -0.25) is 9.59 Å². The molecule has 1 unspecified atom stereocenters. The van der Waals surface area contributed by atoms with E-state index in [-0.39, 0.29) is 29.6 Å². The van der Waals surface area contributed by atoms with Crippen molar-refractivity contribution in [3.05, 3.63) is 71.3 Å². The Hall–Kier alpha value is -3.60. The Labute approximate surface area is 199 Å². The summed E-state index contributed by atoms with van der Waals surface area (Å²) in [6.07, 6.45) is 1.35. The van der Waals surface area contributed by atoms with Gasteiger partial charge in [0.15, 0.2) is 23.1 Å². The van der Waals surface area contributed by atoms with Crippen molar-refractivity contribution < 1.29 is 19.1 Å². The van der Waals surface area contributed by atoms with Crippen LogP contribution in [0.3, 0.4) is 0 Å². The molecule has 1 heterocycles. The van der Waals surface area contributed by atoms with Crippen molar-refractivity contribution in [3.63, 3.8) is 0 Å². The van der Waals surface area contributed by atoms with Gasteiger partial charge >= 0.3 is 0 Å². The Balaban J connectivity index is 1.67. The molecule has 0 bridgehead atoms. The number of fused-ring (bicyclic) bond motifs is 4. The molecule has 1 N–H and O–H groups in total. The molecule has 0 amide bonds. The average Bonchev–Trinajstić information content (AvgIpc) is 2.80. The monoisotopic (exact) mass is 455 g/mol.